The number of rotatable bonds is 4. The van der Waals surface area contributed by atoms with Crippen LogP contribution in [0.3, 0.4) is 0 Å². The first-order chi connectivity index (χ1) is 12.1. The summed E-state index contributed by atoms with van der Waals surface area (Å²) in [5.74, 6) is 1.11. The first-order valence-electron chi connectivity index (χ1n) is 9.35. The Morgan fingerprint density at radius 1 is 1.24 bits per heavy atom. The van der Waals surface area contributed by atoms with Crippen molar-refractivity contribution in [3.63, 3.8) is 0 Å². The molecule has 1 saturated carbocycles. The van der Waals surface area contributed by atoms with E-state index in [0.29, 0.717) is 19.0 Å². The average molecular weight is 359 g/mol. The zero-order valence-corrected chi connectivity index (χ0v) is 15.7. The number of benzene rings is 1. The van der Waals surface area contributed by atoms with Crippen LogP contribution in [-0.2, 0) is 4.79 Å². The van der Waals surface area contributed by atoms with E-state index in [-0.39, 0.29) is 11.3 Å². The van der Waals surface area contributed by atoms with Crippen LogP contribution in [-0.4, -0.2) is 54.0 Å². The summed E-state index contributed by atoms with van der Waals surface area (Å²) in [4.78, 5) is 31.2. The van der Waals surface area contributed by atoms with Crippen molar-refractivity contribution in [2.24, 2.45) is 11.3 Å². The summed E-state index contributed by atoms with van der Waals surface area (Å²) in [6, 6.07) is 7.78. The van der Waals surface area contributed by atoms with Crippen LogP contribution in [0.1, 0.15) is 42.5 Å². The van der Waals surface area contributed by atoms with Crippen molar-refractivity contribution in [3.8, 4) is 0 Å². The summed E-state index contributed by atoms with van der Waals surface area (Å²) in [6.07, 6.45) is 7.36. The van der Waals surface area contributed by atoms with Crippen molar-refractivity contribution in [3.05, 3.63) is 29.8 Å². The quantitative estimate of drug-likeness (QED) is 0.776. The van der Waals surface area contributed by atoms with Gasteiger partial charge in [-0.3, -0.25) is 9.59 Å². The highest BCUT2D eigenvalue weighted by atomic mass is 32.2. The highest BCUT2D eigenvalue weighted by molar-refractivity contribution is 7.98. The molecule has 2 aliphatic heterocycles. The molecule has 1 aromatic rings. The van der Waals surface area contributed by atoms with Crippen molar-refractivity contribution in [1.82, 2.24) is 9.80 Å². The van der Waals surface area contributed by atoms with Crippen LogP contribution >= 0.6 is 11.8 Å². The van der Waals surface area contributed by atoms with E-state index in [1.807, 2.05) is 35.4 Å². The second-order valence-electron chi connectivity index (χ2n) is 7.76. The summed E-state index contributed by atoms with van der Waals surface area (Å²) in [6.45, 7) is 3.13. The molecule has 1 atom stereocenters. The summed E-state index contributed by atoms with van der Waals surface area (Å²) in [5.41, 5.74) is 0.446. The maximum absolute atomic E-state index is 13.1. The van der Waals surface area contributed by atoms with Crippen LogP contribution in [0.4, 0.5) is 0 Å². The predicted octanol–water partition coefficient (Wildman–Crippen LogP) is 3.27. The van der Waals surface area contributed by atoms with Crippen LogP contribution in [0.5, 0.6) is 0 Å². The molecule has 4 rings (SSSR count). The molecule has 0 bridgehead atoms. The fourth-order valence-electron chi connectivity index (χ4n) is 4.35. The fourth-order valence-corrected chi connectivity index (χ4v) is 4.94. The molecule has 1 unspecified atom stereocenters. The van der Waals surface area contributed by atoms with E-state index in [1.165, 1.54) is 12.8 Å². The third kappa shape index (κ3) is 3.19. The first kappa shape index (κ1) is 17.0. The van der Waals surface area contributed by atoms with Crippen LogP contribution in [0.25, 0.3) is 0 Å². The lowest BCUT2D eigenvalue weighted by molar-refractivity contribution is -0.145. The number of thioether (sulfide) groups is 1. The maximum atomic E-state index is 13.1. The van der Waals surface area contributed by atoms with E-state index < -0.39 is 0 Å². The lowest BCUT2D eigenvalue weighted by Gasteiger charge is -2.39. The van der Waals surface area contributed by atoms with Gasteiger partial charge >= 0.3 is 0 Å². The predicted molar refractivity (Wildman–Crippen MR) is 99.7 cm³/mol. The lowest BCUT2D eigenvalue weighted by Crippen LogP contribution is -2.51. The number of hydrogen-bond acceptors (Lipinski definition) is 3. The van der Waals surface area contributed by atoms with Crippen LogP contribution < -0.4 is 0 Å². The SMILES string of the molecule is CSc1ccccc1C(=O)N1CCC2(CCCN(CC3CC3)C2=O)C1. The van der Waals surface area contributed by atoms with Crippen molar-refractivity contribution in [2.45, 2.75) is 37.0 Å². The molecule has 1 aromatic carbocycles. The molecular weight excluding hydrogens is 332 g/mol. The Morgan fingerprint density at radius 3 is 2.80 bits per heavy atom. The standard InChI is InChI=1S/C20H26N2O2S/c1-25-17-6-3-2-5-16(17)18(23)22-12-10-20(14-22)9-4-11-21(19(20)24)13-15-7-8-15/h2-3,5-6,15H,4,7-14H2,1H3. The van der Waals surface area contributed by atoms with Crippen molar-refractivity contribution >= 4 is 23.6 Å². The average Bonchev–Trinajstić information content (AvgIpc) is 3.36. The summed E-state index contributed by atoms with van der Waals surface area (Å²) in [5, 5.41) is 0. The molecule has 3 aliphatic rings. The fraction of sp³-hybridized carbons (Fsp3) is 0.600. The van der Waals surface area contributed by atoms with Gasteiger partial charge in [-0.15, -0.1) is 11.8 Å². The minimum absolute atomic E-state index is 0.0777. The van der Waals surface area contributed by atoms with Gasteiger partial charge in [0.1, 0.15) is 0 Å². The van der Waals surface area contributed by atoms with E-state index in [2.05, 4.69) is 4.90 Å². The highest BCUT2D eigenvalue weighted by Crippen LogP contribution is 2.42. The number of hydrogen-bond donors (Lipinski definition) is 0. The second-order valence-corrected chi connectivity index (χ2v) is 8.60. The largest absolute Gasteiger partial charge is 0.342 e. The van der Waals surface area contributed by atoms with Gasteiger partial charge in [0.05, 0.1) is 11.0 Å². The Hall–Kier alpha value is -1.49. The number of likely N-dealkylation sites (tertiary alicyclic amines) is 2. The van der Waals surface area contributed by atoms with Gasteiger partial charge in [0.2, 0.25) is 5.91 Å². The van der Waals surface area contributed by atoms with Gasteiger partial charge in [-0.2, -0.15) is 0 Å². The second kappa shape index (κ2) is 6.67. The Balaban J connectivity index is 1.50. The Morgan fingerprint density at radius 2 is 2.04 bits per heavy atom. The molecule has 0 N–H and O–H groups in total. The zero-order valence-electron chi connectivity index (χ0n) is 14.9. The Bertz CT molecular complexity index is 688. The van der Waals surface area contributed by atoms with Gasteiger partial charge in [0, 0.05) is 31.1 Å². The van der Waals surface area contributed by atoms with E-state index in [9.17, 15) is 9.59 Å². The number of nitrogens with zero attached hydrogens (tertiary/aromatic N) is 2. The van der Waals surface area contributed by atoms with Crippen molar-refractivity contribution in [2.75, 3.05) is 32.4 Å². The number of piperidine rings is 1. The molecule has 25 heavy (non-hydrogen) atoms. The summed E-state index contributed by atoms with van der Waals surface area (Å²) in [7, 11) is 0. The topological polar surface area (TPSA) is 40.6 Å². The number of carbonyl (C=O) groups excluding carboxylic acids is 2. The Kier molecular flexibility index (Phi) is 4.52. The molecule has 2 amide bonds. The van der Waals surface area contributed by atoms with Gasteiger partial charge in [-0.25, -0.2) is 0 Å². The minimum Gasteiger partial charge on any atom is -0.342 e. The van der Waals surface area contributed by atoms with E-state index >= 15 is 0 Å². The van der Waals surface area contributed by atoms with Crippen LogP contribution in [0.15, 0.2) is 29.2 Å². The first-order valence-corrected chi connectivity index (χ1v) is 10.6. The molecule has 2 saturated heterocycles. The molecule has 5 heteroatoms. The van der Waals surface area contributed by atoms with Gasteiger partial charge in [-0.05, 0) is 56.4 Å². The van der Waals surface area contributed by atoms with Gasteiger partial charge < -0.3 is 9.80 Å². The van der Waals surface area contributed by atoms with E-state index in [4.69, 9.17) is 0 Å². The van der Waals surface area contributed by atoms with Gasteiger partial charge in [0.25, 0.3) is 5.91 Å². The molecule has 4 nitrogen and oxygen atoms in total. The van der Waals surface area contributed by atoms with Crippen molar-refractivity contribution < 1.29 is 9.59 Å². The van der Waals surface area contributed by atoms with Gasteiger partial charge in [-0.1, -0.05) is 12.1 Å². The van der Waals surface area contributed by atoms with E-state index in [1.54, 1.807) is 11.8 Å². The monoisotopic (exact) mass is 358 g/mol. The summed E-state index contributed by atoms with van der Waals surface area (Å²) < 4.78 is 0. The molecular formula is C20H26N2O2S. The zero-order chi connectivity index (χ0) is 17.4. The lowest BCUT2D eigenvalue weighted by atomic mass is 9.78. The summed E-state index contributed by atoms with van der Waals surface area (Å²) >= 11 is 1.60. The molecule has 134 valence electrons. The van der Waals surface area contributed by atoms with Crippen molar-refractivity contribution in [1.29, 1.82) is 0 Å². The molecule has 3 fully saturated rings. The van der Waals surface area contributed by atoms with Crippen LogP contribution in [0, 0.1) is 11.3 Å². The molecule has 1 aliphatic carbocycles. The minimum atomic E-state index is -0.322. The maximum Gasteiger partial charge on any atom is 0.255 e. The third-order valence-electron chi connectivity index (χ3n) is 5.98. The van der Waals surface area contributed by atoms with Gasteiger partial charge in [0.15, 0.2) is 0 Å². The molecule has 1 spiro atoms. The number of carbonyl (C=O) groups is 2. The molecule has 0 radical (unpaired) electrons. The third-order valence-corrected chi connectivity index (χ3v) is 6.77. The van der Waals surface area contributed by atoms with Crippen LogP contribution in [0.2, 0.25) is 0 Å². The van der Waals surface area contributed by atoms with E-state index in [0.717, 1.165) is 48.7 Å². The molecule has 0 aromatic heterocycles. The Labute approximate surface area is 153 Å². The number of amides is 2. The normalized spacial score (nSPS) is 26.5. The molecule has 2 heterocycles. The smallest absolute Gasteiger partial charge is 0.255 e. The highest BCUT2D eigenvalue weighted by Gasteiger charge is 2.50.